The summed E-state index contributed by atoms with van der Waals surface area (Å²) in [5.74, 6) is 1.02. The van der Waals surface area contributed by atoms with E-state index in [9.17, 15) is 4.79 Å². The smallest absolute Gasteiger partial charge is 0.227 e. The molecular formula is C17H20N2O2. The molecule has 0 aliphatic heterocycles. The molecule has 1 amide bonds. The van der Waals surface area contributed by atoms with Gasteiger partial charge in [-0.1, -0.05) is 12.1 Å². The van der Waals surface area contributed by atoms with Crippen LogP contribution < -0.4 is 4.74 Å². The quantitative estimate of drug-likeness (QED) is 0.886. The summed E-state index contributed by atoms with van der Waals surface area (Å²) in [6, 6.07) is 10.2. The summed E-state index contributed by atoms with van der Waals surface area (Å²) in [6.45, 7) is 0.698. The van der Waals surface area contributed by atoms with E-state index in [0.717, 1.165) is 29.7 Å². The maximum Gasteiger partial charge on any atom is 0.227 e. The van der Waals surface area contributed by atoms with E-state index >= 15 is 0 Å². The highest BCUT2D eigenvalue weighted by molar-refractivity contribution is 5.79. The van der Waals surface area contributed by atoms with E-state index in [-0.39, 0.29) is 5.91 Å². The molecular weight excluding hydrogens is 264 g/mol. The highest BCUT2D eigenvalue weighted by Crippen LogP contribution is 2.29. The number of ether oxygens (including phenoxy) is 1. The van der Waals surface area contributed by atoms with E-state index in [2.05, 4.69) is 4.98 Å². The molecule has 1 heterocycles. The van der Waals surface area contributed by atoms with E-state index in [1.807, 2.05) is 47.6 Å². The van der Waals surface area contributed by atoms with E-state index in [4.69, 9.17) is 4.74 Å². The summed E-state index contributed by atoms with van der Waals surface area (Å²) < 4.78 is 5.14. The SMILES string of the molecule is COc1ccc(CC(=O)N(Cc2cc[nH]c2)C2CC2)cc1. The van der Waals surface area contributed by atoms with Gasteiger partial charge >= 0.3 is 0 Å². The normalized spacial score (nSPS) is 14.0. The summed E-state index contributed by atoms with van der Waals surface area (Å²) >= 11 is 0. The molecule has 21 heavy (non-hydrogen) atoms. The number of benzene rings is 1. The lowest BCUT2D eigenvalue weighted by Crippen LogP contribution is -2.33. The number of rotatable bonds is 6. The Labute approximate surface area is 124 Å². The Morgan fingerprint density at radius 1 is 1.24 bits per heavy atom. The molecule has 110 valence electrons. The van der Waals surface area contributed by atoms with Crippen LogP contribution >= 0.6 is 0 Å². The second kappa shape index (κ2) is 6.04. The Hall–Kier alpha value is -2.23. The first-order chi connectivity index (χ1) is 10.3. The van der Waals surface area contributed by atoms with Crippen LogP contribution in [0.1, 0.15) is 24.0 Å². The fraction of sp³-hybridized carbons (Fsp3) is 0.353. The number of nitrogens with one attached hydrogen (secondary N) is 1. The number of hydrogen-bond acceptors (Lipinski definition) is 2. The minimum atomic E-state index is 0.198. The Morgan fingerprint density at radius 3 is 2.57 bits per heavy atom. The maximum atomic E-state index is 12.6. The van der Waals surface area contributed by atoms with Crippen LogP contribution in [-0.2, 0) is 17.8 Å². The molecule has 1 aliphatic rings. The molecule has 1 aromatic heterocycles. The molecule has 2 aromatic rings. The van der Waals surface area contributed by atoms with Crippen LogP contribution in [-0.4, -0.2) is 28.9 Å². The predicted molar refractivity (Wildman–Crippen MR) is 81.1 cm³/mol. The van der Waals surface area contributed by atoms with E-state index in [1.165, 1.54) is 0 Å². The first-order valence-corrected chi connectivity index (χ1v) is 7.30. The molecule has 0 radical (unpaired) electrons. The van der Waals surface area contributed by atoms with Gasteiger partial charge in [0.15, 0.2) is 0 Å². The highest BCUT2D eigenvalue weighted by atomic mass is 16.5. The van der Waals surface area contributed by atoms with Gasteiger partial charge in [0.2, 0.25) is 5.91 Å². The van der Waals surface area contributed by atoms with Crippen molar-refractivity contribution in [3.8, 4) is 5.75 Å². The number of hydrogen-bond donors (Lipinski definition) is 1. The first-order valence-electron chi connectivity index (χ1n) is 7.30. The molecule has 0 saturated heterocycles. The predicted octanol–water partition coefficient (Wildman–Crippen LogP) is 2.76. The van der Waals surface area contributed by atoms with Gasteiger partial charge < -0.3 is 14.6 Å². The third kappa shape index (κ3) is 3.45. The topological polar surface area (TPSA) is 45.3 Å². The van der Waals surface area contributed by atoms with Crippen molar-refractivity contribution in [3.05, 3.63) is 53.9 Å². The van der Waals surface area contributed by atoms with E-state index < -0.39 is 0 Å². The van der Waals surface area contributed by atoms with Crippen molar-refractivity contribution in [2.75, 3.05) is 7.11 Å². The van der Waals surface area contributed by atoms with E-state index in [1.54, 1.807) is 7.11 Å². The van der Waals surface area contributed by atoms with Gasteiger partial charge in [0, 0.05) is 25.0 Å². The highest BCUT2D eigenvalue weighted by Gasteiger charge is 2.32. The molecule has 0 bridgehead atoms. The molecule has 1 aromatic carbocycles. The molecule has 1 saturated carbocycles. The van der Waals surface area contributed by atoms with Crippen LogP contribution in [0, 0.1) is 0 Å². The van der Waals surface area contributed by atoms with Crippen LogP contribution in [0.2, 0.25) is 0 Å². The summed E-state index contributed by atoms with van der Waals surface area (Å²) in [4.78, 5) is 17.6. The van der Waals surface area contributed by atoms with Gasteiger partial charge in [-0.3, -0.25) is 4.79 Å². The number of carbonyl (C=O) groups excluding carboxylic acids is 1. The van der Waals surface area contributed by atoms with Crippen molar-refractivity contribution in [2.24, 2.45) is 0 Å². The Morgan fingerprint density at radius 2 is 2.00 bits per heavy atom. The lowest BCUT2D eigenvalue weighted by atomic mass is 10.1. The standard InChI is InChI=1S/C17H20N2O2/c1-21-16-6-2-13(3-7-16)10-17(20)19(15-4-5-15)12-14-8-9-18-11-14/h2-3,6-9,11,15,18H,4-5,10,12H2,1H3. The minimum absolute atomic E-state index is 0.198. The Bertz CT molecular complexity index is 586. The zero-order valence-electron chi connectivity index (χ0n) is 12.2. The molecule has 1 fully saturated rings. The van der Waals surface area contributed by atoms with Crippen molar-refractivity contribution >= 4 is 5.91 Å². The summed E-state index contributed by atoms with van der Waals surface area (Å²) in [6.07, 6.45) is 6.55. The number of carbonyl (C=O) groups is 1. The number of amides is 1. The van der Waals surface area contributed by atoms with Crippen molar-refractivity contribution in [2.45, 2.75) is 31.8 Å². The van der Waals surface area contributed by atoms with Crippen molar-refractivity contribution in [1.82, 2.24) is 9.88 Å². The Kier molecular flexibility index (Phi) is 3.95. The number of nitrogens with zero attached hydrogens (tertiary/aromatic N) is 1. The van der Waals surface area contributed by atoms with Crippen LogP contribution in [0.5, 0.6) is 5.75 Å². The monoisotopic (exact) mass is 284 g/mol. The van der Waals surface area contributed by atoms with Gasteiger partial charge in [0.1, 0.15) is 5.75 Å². The van der Waals surface area contributed by atoms with Crippen LogP contribution in [0.3, 0.4) is 0 Å². The van der Waals surface area contributed by atoms with Crippen molar-refractivity contribution in [3.63, 3.8) is 0 Å². The van der Waals surface area contributed by atoms with Crippen molar-refractivity contribution < 1.29 is 9.53 Å². The third-order valence-electron chi connectivity index (χ3n) is 3.84. The number of aromatic amines is 1. The number of aromatic nitrogens is 1. The van der Waals surface area contributed by atoms with Gasteiger partial charge in [-0.25, -0.2) is 0 Å². The molecule has 1 N–H and O–H groups in total. The average Bonchev–Trinajstić information content (AvgIpc) is 3.21. The van der Waals surface area contributed by atoms with Gasteiger partial charge in [0.25, 0.3) is 0 Å². The minimum Gasteiger partial charge on any atom is -0.497 e. The van der Waals surface area contributed by atoms with Crippen LogP contribution in [0.25, 0.3) is 0 Å². The van der Waals surface area contributed by atoms with Crippen molar-refractivity contribution in [1.29, 1.82) is 0 Å². The third-order valence-corrected chi connectivity index (χ3v) is 3.84. The molecule has 4 nitrogen and oxygen atoms in total. The Balaban J connectivity index is 1.66. The van der Waals surface area contributed by atoms with Gasteiger partial charge in [0.05, 0.1) is 13.5 Å². The summed E-state index contributed by atoms with van der Waals surface area (Å²) in [5.41, 5.74) is 2.19. The second-order valence-corrected chi connectivity index (χ2v) is 5.50. The molecule has 4 heteroatoms. The zero-order chi connectivity index (χ0) is 14.7. The first kappa shape index (κ1) is 13.7. The fourth-order valence-corrected chi connectivity index (χ4v) is 2.48. The zero-order valence-corrected chi connectivity index (χ0v) is 12.2. The molecule has 3 rings (SSSR count). The van der Waals surface area contributed by atoms with Crippen LogP contribution in [0.4, 0.5) is 0 Å². The largest absolute Gasteiger partial charge is 0.497 e. The lowest BCUT2D eigenvalue weighted by molar-refractivity contribution is -0.131. The fourth-order valence-electron chi connectivity index (χ4n) is 2.48. The molecule has 0 spiro atoms. The van der Waals surface area contributed by atoms with Gasteiger partial charge in [-0.05, 0) is 42.2 Å². The summed E-state index contributed by atoms with van der Waals surface area (Å²) in [7, 11) is 1.64. The molecule has 0 unspecified atom stereocenters. The van der Waals surface area contributed by atoms with Gasteiger partial charge in [-0.2, -0.15) is 0 Å². The second-order valence-electron chi connectivity index (χ2n) is 5.50. The lowest BCUT2D eigenvalue weighted by Gasteiger charge is -2.22. The molecule has 1 aliphatic carbocycles. The molecule has 0 atom stereocenters. The van der Waals surface area contributed by atoms with Gasteiger partial charge in [-0.15, -0.1) is 0 Å². The van der Waals surface area contributed by atoms with Crippen LogP contribution in [0.15, 0.2) is 42.7 Å². The summed E-state index contributed by atoms with van der Waals surface area (Å²) in [5, 5.41) is 0. The average molecular weight is 284 g/mol. The number of H-pyrrole nitrogens is 1. The van der Waals surface area contributed by atoms with E-state index in [0.29, 0.717) is 19.0 Å². The maximum absolute atomic E-state index is 12.6. The number of methoxy groups -OCH3 is 1.